The number of hydrogen-bond donors (Lipinski definition) is 3. The van der Waals surface area contributed by atoms with Crippen LogP contribution in [0.3, 0.4) is 0 Å². The van der Waals surface area contributed by atoms with Crippen molar-refractivity contribution in [2.24, 2.45) is 5.92 Å². The lowest BCUT2D eigenvalue weighted by Gasteiger charge is -2.48. The molecule has 10 nitrogen and oxygen atoms in total. The van der Waals surface area contributed by atoms with Gasteiger partial charge in [-0.3, -0.25) is 24.0 Å². The number of carbonyl (C=O) groups is 3. The standard InChI is InChI=1S/C33H37N5O5/c1-32(35-29(39)21-15-23-22-10-6-11-24-28(22)20(17-34-24)16-25(23)36(2)18-21)31(41)38-26(14-19-8-4-3-5-9-19)30(40)37-13-7-12-27(37)33(38,42)43-32/h3-6,8-11,17,21,23,25-27,34,42H,7,12-16,18H2,1-2H3,(H,35,39)/t21-,23+,25+,26+,27+,32-,33+/m1/s1. The Hall–Kier alpha value is -3.73. The molecular formula is C33H37N5O5. The van der Waals surface area contributed by atoms with E-state index in [1.165, 1.54) is 28.3 Å². The van der Waals surface area contributed by atoms with Gasteiger partial charge in [-0.15, -0.1) is 0 Å². The van der Waals surface area contributed by atoms with Crippen molar-refractivity contribution in [2.45, 2.75) is 74.7 Å². The molecule has 7 atom stereocenters. The lowest BCUT2D eigenvalue weighted by molar-refractivity contribution is -0.315. The Morgan fingerprint density at radius 2 is 1.98 bits per heavy atom. The average Bonchev–Trinajstić information content (AvgIpc) is 3.70. The Labute approximate surface area is 250 Å². The molecule has 0 saturated carbocycles. The number of aromatic amines is 1. The molecule has 4 aliphatic heterocycles. The molecule has 0 radical (unpaired) electrons. The molecule has 3 N–H and O–H groups in total. The van der Waals surface area contributed by atoms with Crippen LogP contribution >= 0.6 is 0 Å². The minimum atomic E-state index is -2.03. The van der Waals surface area contributed by atoms with Gasteiger partial charge in [0.05, 0.1) is 5.92 Å². The summed E-state index contributed by atoms with van der Waals surface area (Å²) in [5.74, 6) is -3.31. The Kier molecular flexibility index (Phi) is 5.86. The second-order valence-electron chi connectivity index (χ2n) is 13.2. The van der Waals surface area contributed by atoms with E-state index in [9.17, 15) is 19.5 Å². The molecule has 224 valence electrons. The van der Waals surface area contributed by atoms with E-state index in [-0.39, 0.29) is 36.1 Å². The van der Waals surface area contributed by atoms with E-state index in [2.05, 4.69) is 46.6 Å². The number of nitrogens with one attached hydrogen (secondary N) is 2. The number of aromatic nitrogens is 1. The molecule has 4 saturated heterocycles. The molecule has 1 aliphatic carbocycles. The van der Waals surface area contributed by atoms with Gasteiger partial charge in [-0.2, -0.15) is 0 Å². The highest BCUT2D eigenvalue weighted by molar-refractivity contribution is 5.97. The third-order valence-corrected chi connectivity index (χ3v) is 10.6. The number of H-pyrrole nitrogens is 1. The Balaban J connectivity index is 1.08. The van der Waals surface area contributed by atoms with Gasteiger partial charge >= 0.3 is 0 Å². The molecule has 3 aromatic rings. The maximum Gasteiger partial charge on any atom is 0.280 e. The largest absolute Gasteiger partial charge is 0.361 e. The fourth-order valence-electron chi connectivity index (χ4n) is 8.65. The first-order valence-electron chi connectivity index (χ1n) is 15.4. The summed E-state index contributed by atoms with van der Waals surface area (Å²) in [6, 6.07) is 14.4. The summed E-state index contributed by atoms with van der Waals surface area (Å²) >= 11 is 0. The number of hydrogen-bond acceptors (Lipinski definition) is 6. The molecule has 2 aromatic carbocycles. The first-order chi connectivity index (χ1) is 20.7. The van der Waals surface area contributed by atoms with Crippen LogP contribution in [0.4, 0.5) is 0 Å². The normalized spacial score (nSPS) is 35.2. The molecule has 4 fully saturated rings. The topological polar surface area (TPSA) is 118 Å². The van der Waals surface area contributed by atoms with Gasteiger partial charge in [-0.05, 0) is 62.4 Å². The van der Waals surface area contributed by atoms with Crippen LogP contribution in [-0.4, -0.2) is 92.4 Å². The zero-order valence-corrected chi connectivity index (χ0v) is 24.5. The second-order valence-corrected chi connectivity index (χ2v) is 13.2. The number of piperidine rings is 1. The summed E-state index contributed by atoms with van der Waals surface area (Å²) in [4.78, 5) is 50.4. The van der Waals surface area contributed by atoms with E-state index in [1.54, 1.807) is 4.90 Å². The number of benzene rings is 2. The maximum atomic E-state index is 14.2. The number of aliphatic hydroxyl groups is 1. The van der Waals surface area contributed by atoms with Crippen molar-refractivity contribution in [3.8, 4) is 0 Å². The first-order valence-corrected chi connectivity index (χ1v) is 15.4. The highest BCUT2D eigenvalue weighted by Crippen LogP contribution is 2.47. The monoisotopic (exact) mass is 583 g/mol. The van der Waals surface area contributed by atoms with Crippen molar-refractivity contribution < 1.29 is 24.2 Å². The molecule has 0 bridgehead atoms. The van der Waals surface area contributed by atoms with Crippen molar-refractivity contribution in [1.82, 2.24) is 25.0 Å². The predicted octanol–water partition coefficient (Wildman–Crippen LogP) is 2.08. The van der Waals surface area contributed by atoms with Gasteiger partial charge in [0, 0.05) is 48.6 Å². The van der Waals surface area contributed by atoms with Gasteiger partial charge in [0.2, 0.25) is 17.5 Å². The summed E-state index contributed by atoms with van der Waals surface area (Å²) in [7, 11) is 2.06. The van der Waals surface area contributed by atoms with Crippen molar-refractivity contribution >= 4 is 28.6 Å². The number of amides is 3. The van der Waals surface area contributed by atoms with Gasteiger partial charge in [0.25, 0.3) is 11.8 Å². The van der Waals surface area contributed by atoms with Crippen LogP contribution in [0.2, 0.25) is 0 Å². The van der Waals surface area contributed by atoms with Crippen molar-refractivity contribution in [3.63, 3.8) is 0 Å². The van der Waals surface area contributed by atoms with Gasteiger partial charge in [-0.25, -0.2) is 0 Å². The fraction of sp³-hybridized carbons (Fsp3) is 0.485. The molecule has 1 aromatic heterocycles. The Morgan fingerprint density at radius 1 is 1.16 bits per heavy atom. The lowest BCUT2D eigenvalue weighted by Crippen LogP contribution is -2.71. The first kappa shape index (κ1) is 26.9. The van der Waals surface area contributed by atoms with Gasteiger partial charge in [0.1, 0.15) is 12.1 Å². The molecular weight excluding hydrogens is 546 g/mol. The quantitative estimate of drug-likeness (QED) is 0.433. The second kappa shape index (κ2) is 9.38. The number of likely N-dealkylation sites (N-methyl/N-ethyl adjacent to an activating group) is 1. The maximum absolute atomic E-state index is 14.2. The van der Waals surface area contributed by atoms with Crippen LogP contribution in [0.5, 0.6) is 0 Å². The Bertz CT molecular complexity index is 1640. The third kappa shape index (κ3) is 3.86. The molecule has 5 heterocycles. The highest BCUT2D eigenvalue weighted by Gasteiger charge is 2.70. The number of piperazine rings is 1. The van der Waals surface area contributed by atoms with E-state index in [4.69, 9.17) is 4.74 Å². The van der Waals surface area contributed by atoms with Crippen LogP contribution in [-0.2, 0) is 32.0 Å². The smallest absolute Gasteiger partial charge is 0.280 e. The summed E-state index contributed by atoms with van der Waals surface area (Å²) < 4.78 is 6.25. The number of rotatable bonds is 4. The zero-order valence-electron chi connectivity index (χ0n) is 24.5. The van der Waals surface area contributed by atoms with E-state index in [1.807, 2.05) is 30.3 Å². The lowest BCUT2D eigenvalue weighted by atomic mass is 9.72. The zero-order chi connectivity index (χ0) is 29.7. The van der Waals surface area contributed by atoms with E-state index >= 15 is 0 Å². The minimum absolute atomic E-state index is 0.171. The van der Waals surface area contributed by atoms with Crippen molar-refractivity contribution in [1.29, 1.82) is 0 Å². The van der Waals surface area contributed by atoms with Crippen LogP contribution in [0, 0.1) is 5.92 Å². The molecule has 8 rings (SSSR count). The van der Waals surface area contributed by atoms with Crippen molar-refractivity contribution in [3.05, 3.63) is 71.4 Å². The fourth-order valence-corrected chi connectivity index (χ4v) is 8.65. The summed E-state index contributed by atoms with van der Waals surface area (Å²) in [5.41, 5.74) is 2.74. The number of likely N-dealkylation sites (tertiary alicyclic amines) is 1. The molecule has 10 heteroatoms. The number of ether oxygens (including phenoxy) is 1. The van der Waals surface area contributed by atoms with E-state index in [0.29, 0.717) is 32.4 Å². The number of carbonyl (C=O) groups excluding carboxylic acids is 3. The van der Waals surface area contributed by atoms with Crippen LogP contribution in [0.1, 0.15) is 48.8 Å². The van der Waals surface area contributed by atoms with Crippen LogP contribution in [0.25, 0.3) is 10.9 Å². The molecule has 3 amide bonds. The Morgan fingerprint density at radius 3 is 2.79 bits per heavy atom. The molecule has 0 spiro atoms. The highest BCUT2D eigenvalue weighted by atomic mass is 16.7. The average molecular weight is 584 g/mol. The number of nitrogens with zero attached hydrogens (tertiary/aromatic N) is 3. The summed E-state index contributed by atoms with van der Waals surface area (Å²) in [6.07, 6.45) is 5.13. The van der Waals surface area contributed by atoms with Gasteiger partial charge in [-0.1, -0.05) is 42.5 Å². The minimum Gasteiger partial charge on any atom is -0.361 e. The predicted molar refractivity (Wildman–Crippen MR) is 157 cm³/mol. The number of fused-ring (bicyclic) bond motifs is 5. The van der Waals surface area contributed by atoms with E-state index in [0.717, 1.165) is 17.5 Å². The summed E-state index contributed by atoms with van der Waals surface area (Å²) in [6.45, 7) is 2.56. The van der Waals surface area contributed by atoms with Gasteiger partial charge < -0.3 is 25.2 Å². The summed E-state index contributed by atoms with van der Waals surface area (Å²) in [5, 5.41) is 16.2. The molecule has 43 heavy (non-hydrogen) atoms. The SMILES string of the molecule is CN1C[C@H](C(=O)N[C@]2(C)O[C@@]3(O)[C@@H]4CCCN4C(=O)[C@H](Cc4ccccc4)N3C2=O)C[C@H]2c3cccc4[nH]cc(c34)C[C@@H]21. The van der Waals surface area contributed by atoms with Crippen LogP contribution in [0.15, 0.2) is 54.7 Å². The van der Waals surface area contributed by atoms with Gasteiger partial charge in [0.15, 0.2) is 0 Å². The van der Waals surface area contributed by atoms with E-state index < -0.39 is 29.6 Å². The third-order valence-electron chi connectivity index (χ3n) is 10.6. The van der Waals surface area contributed by atoms with Crippen LogP contribution < -0.4 is 5.32 Å². The molecule has 0 unspecified atom stereocenters. The van der Waals surface area contributed by atoms with Crippen molar-refractivity contribution in [2.75, 3.05) is 20.1 Å². The molecule has 5 aliphatic rings.